The second-order valence-electron chi connectivity index (χ2n) is 5.66. The van der Waals surface area contributed by atoms with E-state index >= 15 is 0 Å². The first kappa shape index (κ1) is 18.7. The first-order chi connectivity index (χ1) is 12.4. The van der Waals surface area contributed by atoms with Gasteiger partial charge in [0.1, 0.15) is 6.04 Å². The molecule has 0 aliphatic heterocycles. The van der Waals surface area contributed by atoms with Gasteiger partial charge in [-0.05, 0) is 29.8 Å². The van der Waals surface area contributed by atoms with Crippen LogP contribution in [0.3, 0.4) is 0 Å². The van der Waals surface area contributed by atoms with Crippen molar-refractivity contribution < 1.29 is 14.4 Å². The Kier molecular flexibility index (Phi) is 6.06. The molecule has 0 saturated heterocycles. The zero-order chi connectivity index (χ0) is 19.1. The number of hydrogen-bond acceptors (Lipinski definition) is 4. The Labute approximate surface area is 150 Å². The highest BCUT2D eigenvalue weighted by Crippen LogP contribution is 2.13. The molecular formula is C19H18N4O3. The quantitative estimate of drug-likeness (QED) is 0.727. The fraction of sp³-hybridized carbons (Fsp3) is 0.158. The predicted molar refractivity (Wildman–Crippen MR) is 96.1 cm³/mol. The first-order valence-electron chi connectivity index (χ1n) is 7.86. The summed E-state index contributed by atoms with van der Waals surface area (Å²) in [7, 11) is 0. The number of rotatable bonds is 6. The molecule has 2 aromatic carbocycles. The molecule has 1 atom stereocenters. The zero-order valence-electron chi connectivity index (χ0n) is 14.2. The van der Waals surface area contributed by atoms with Crippen molar-refractivity contribution in [3.63, 3.8) is 0 Å². The Bertz CT molecular complexity index is 886. The van der Waals surface area contributed by atoms with Gasteiger partial charge in [-0.1, -0.05) is 24.3 Å². The summed E-state index contributed by atoms with van der Waals surface area (Å²) in [6.07, 6.45) is 0.107. The van der Waals surface area contributed by atoms with Gasteiger partial charge >= 0.3 is 0 Å². The Balaban J connectivity index is 2.17. The minimum atomic E-state index is -0.971. The van der Waals surface area contributed by atoms with Gasteiger partial charge in [0.05, 0.1) is 11.6 Å². The van der Waals surface area contributed by atoms with Gasteiger partial charge in [-0.3, -0.25) is 14.4 Å². The second-order valence-corrected chi connectivity index (χ2v) is 5.66. The number of nitrogens with zero attached hydrogens (tertiary/aromatic N) is 1. The van der Waals surface area contributed by atoms with E-state index in [1.165, 1.54) is 13.0 Å². The fourth-order valence-electron chi connectivity index (χ4n) is 2.43. The van der Waals surface area contributed by atoms with Gasteiger partial charge in [0.2, 0.25) is 11.8 Å². The number of primary amides is 1. The van der Waals surface area contributed by atoms with Crippen LogP contribution in [0.4, 0.5) is 5.69 Å². The maximum absolute atomic E-state index is 12.4. The summed E-state index contributed by atoms with van der Waals surface area (Å²) in [4.78, 5) is 35.3. The van der Waals surface area contributed by atoms with E-state index in [4.69, 9.17) is 11.0 Å². The number of amides is 3. The lowest BCUT2D eigenvalue weighted by molar-refractivity contribution is -0.119. The molecule has 7 nitrogen and oxygen atoms in total. The normalized spacial score (nSPS) is 11.1. The molecular weight excluding hydrogens is 332 g/mol. The van der Waals surface area contributed by atoms with Gasteiger partial charge < -0.3 is 16.4 Å². The third-order valence-electron chi connectivity index (χ3n) is 3.66. The van der Waals surface area contributed by atoms with Crippen molar-refractivity contribution in [3.05, 3.63) is 65.2 Å². The molecule has 4 N–H and O–H groups in total. The van der Waals surface area contributed by atoms with Crippen molar-refractivity contribution >= 4 is 23.4 Å². The largest absolute Gasteiger partial charge is 0.368 e. The highest BCUT2D eigenvalue weighted by Gasteiger charge is 2.21. The Morgan fingerprint density at radius 1 is 1.15 bits per heavy atom. The molecule has 0 bridgehead atoms. The molecule has 0 aromatic heterocycles. The monoisotopic (exact) mass is 350 g/mol. The third-order valence-corrected chi connectivity index (χ3v) is 3.66. The maximum atomic E-state index is 12.4. The minimum Gasteiger partial charge on any atom is -0.368 e. The molecule has 2 rings (SSSR count). The van der Waals surface area contributed by atoms with E-state index in [1.54, 1.807) is 42.5 Å². The van der Waals surface area contributed by atoms with Gasteiger partial charge in [-0.2, -0.15) is 5.26 Å². The van der Waals surface area contributed by atoms with Gasteiger partial charge in [-0.15, -0.1) is 0 Å². The van der Waals surface area contributed by atoms with Crippen LogP contribution in [-0.4, -0.2) is 23.8 Å². The standard InChI is InChI=1S/C19H18N4O3/c1-12(24)22-16-8-4-7-14(9-16)19(26)23-17(18(21)25)10-13-5-2-3-6-15(13)11-20/h2-9,17H,10H2,1H3,(H2,21,25)(H,22,24)(H,23,26)/t17-/m0/s1. The lowest BCUT2D eigenvalue weighted by Gasteiger charge is -2.16. The van der Waals surface area contributed by atoms with Crippen molar-refractivity contribution in [1.29, 1.82) is 5.26 Å². The summed E-state index contributed by atoms with van der Waals surface area (Å²) >= 11 is 0. The van der Waals surface area contributed by atoms with E-state index in [0.29, 0.717) is 16.8 Å². The molecule has 7 heteroatoms. The van der Waals surface area contributed by atoms with Crippen molar-refractivity contribution in [2.45, 2.75) is 19.4 Å². The Morgan fingerprint density at radius 2 is 1.88 bits per heavy atom. The summed E-state index contributed by atoms with van der Waals surface area (Å²) < 4.78 is 0. The lowest BCUT2D eigenvalue weighted by atomic mass is 10.00. The number of nitrogens with one attached hydrogen (secondary N) is 2. The summed E-state index contributed by atoms with van der Waals surface area (Å²) in [6, 6.07) is 14.2. The molecule has 0 saturated carbocycles. The van der Waals surface area contributed by atoms with Crippen LogP contribution in [0, 0.1) is 11.3 Å². The molecule has 132 valence electrons. The van der Waals surface area contributed by atoms with Gasteiger partial charge in [0.25, 0.3) is 5.91 Å². The number of benzene rings is 2. The fourth-order valence-corrected chi connectivity index (χ4v) is 2.43. The highest BCUT2D eigenvalue weighted by atomic mass is 16.2. The molecule has 0 spiro atoms. The SMILES string of the molecule is CC(=O)Nc1cccc(C(=O)N[C@@H](Cc2ccccc2C#N)C(N)=O)c1. The van der Waals surface area contributed by atoms with Gasteiger partial charge in [0.15, 0.2) is 0 Å². The van der Waals surface area contributed by atoms with Crippen molar-refractivity contribution in [3.8, 4) is 6.07 Å². The molecule has 0 aliphatic carbocycles. The van der Waals surface area contributed by atoms with Gasteiger partial charge in [0, 0.05) is 24.6 Å². The molecule has 3 amide bonds. The average molecular weight is 350 g/mol. The molecule has 0 fully saturated rings. The van der Waals surface area contributed by atoms with E-state index < -0.39 is 17.9 Å². The number of carbonyl (C=O) groups excluding carboxylic acids is 3. The van der Waals surface area contributed by atoms with E-state index in [9.17, 15) is 14.4 Å². The van der Waals surface area contributed by atoms with Crippen LogP contribution < -0.4 is 16.4 Å². The summed E-state index contributed by atoms with van der Waals surface area (Å²) in [5, 5.41) is 14.3. The van der Waals surface area contributed by atoms with Crippen LogP contribution in [0.25, 0.3) is 0 Å². The topological polar surface area (TPSA) is 125 Å². The number of anilines is 1. The van der Waals surface area contributed by atoms with Crippen LogP contribution in [0.15, 0.2) is 48.5 Å². The number of nitrogens with two attached hydrogens (primary N) is 1. The molecule has 0 unspecified atom stereocenters. The zero-order valence-corrected chi connectivity index (χ0v) is 14.2. The van der Waals surface area contributed by atoms with Crippen LogP contribution in [0.1, 0.15) is 28.4 Å². The van der Waals surface area contributed by atoms with Crippen molar-refractivity contribution in [1.82, 2.24) is 5.32 Å². The number of nitriles is 1. The van der Waals surface area contributed by atoms with Crippen LogP contribution in [0.2, 0.25) is 0 Å². The van der Waals surface area contributed by atoms with E-state index in [-0.39, 0.29) is 17.9 Å². The molecule has 2 aromatic rings. The van der Waals surface area contributed by atoms with E-state index in [0.717, 1.165) is 0 Å². The highest BCUT2D eigenvalue weighted by molar-refractivity contribution is 5.99. The molecule has 26 heavy (non-hydrogen) atoms. The molecule has 0 heterocycles. The Morgan fingerprint density at radius 3 is 2.54 bits per heavy atom. The minimum absolute atomic E-state index is 0.107. The molecule has 0 aliphatic rings. The third kappa shape index (κ3) is 4.92. The van der Waals surface area contributed by atoms with Gasteiger partial charge in [-0.25, -0.2) is 0 Å². The first-order valence-corrected chi connectivity index (χ1v) is 7.86. The number of carbonyl (C=O) groups is 3. The summed E-state index contributed by atoms with van der Waals surface area (Å²) in [6.45, 7) is 1.36. The number of hydrogen-bond donors (Lipinski definition) is 3. The maximum Gasteiger partial charge on any atom is 0.252 e. The summed E-state index contributed by atoms with van der Waals surface area (Å²) in [5.41, 5.74) is 7.18. The smallest absolute Gasteiger partial charge is 0.252 e. The second kappa shape index (κ2) is 8.44. The van der Waals surface area contributed by atoms with Crippen LogP contribution >= 0.6 is 0 Å². The average Bonchev–Trinajstić information content (AvgIpc) is 2.61. The lowest BCUT2D eigenvalue weighted by Crippen LogP contribution is -2.46. The van der Waals surface area contributed by atoms with Crippen molar-refractivity contribution in [2.24, 2.45) is 5.73 Å². The van der Waals surface area contributed by atoms with Crippen molar-refractivity contribution in [2.75, 3.05) is 5.32 Å². The van der Waals surface area contributed by atoms with Crippen LogP contribution in [0.5, 0.6) is 0 Å². The van der Waals surface area contributed by atoms with Crippen LogP contribution in [-0.2, 0) is 16.0 Å². The molecule has 0 radical (unpaired) electrons. The summed E-state index contributed by atoms with van der Waals surface area (Å²) in [5.74, 6) is -1.47. The predicted octanol–water partition coefficient (Wildman–Crippen LogP) is 1.34. The Hall–Kier alpha value is -3.66. The van der Waals surface area contributed by atoms with E-state index in [2.05, 4.69) is 10.6 Å². The van der Waals surface area contributed by atoms with E-state index in [1.807, 2.05) is 6.07 Å².